The third-order valence-corrected chi connectivity index (χ3v) is 5.01. The molecule has 3 rings (SSSR count). The molecule has 0 heterocycles. The molecule has 2 N–H and O–H groups in total. The Hall–Kier alpha value is -1.06. The first kappa shape index (κ1) is 14.9. The van der Waals surface area contributed by atoms with Crippen LogP contribution in [0.15, 0.2) is 12.1 Å². The van der Waals surface area contributed by atoms with Crippen LogP contribution in [0.4, 0.5) is 0 Å². The molecule has 116 valence electrons. The first-order valence-corrected chi connectivity index (χ1v) is 8.14. The molecular formula is C18H27NO2. The maximum atomic E-state index is 9.80. The molecule has 2 aliphatic carbocycles. The molecule has 1 aromatic rings. The Balaban J connectivity index is 1.69. The average Bonchev–Trinajstić information content (AvgIpc) is 3.16. The molecule has 2 saturated carbocycles. The van der Waals surface area contributed by atoms with Crippen molar-refractivity contribution >= 4 is 0 Å². The predicted octanol–water partition coefficient (Wildman–Crippen LogP) is 3.03. The maximum Gasteiger partial charge on any atom is 0.123 e. The van der Waals surface area contributed by atoms with E-state index < -0.39 is 0 Å². The molecular weight excluding hydrogens is 262 g/mol. The highest BCUT2D eigenvalue weighted by atomic mass is 16.5. The van der Waals surface area contributed by atoms with Crippen LogP contribution in [0.5, 0.6) is 5.75 Å². The molecule has 0 amide bonds. The smallest absolute Gasteiger partial charge is 0.123 e. The van der Waals surface area contributed by atoms with Crippen LogP contribution in [0.1, 0.15) is 48.8 Å². The van der Waals surface area contributed by atoms with Crippen LogP contribution < -0.4 is 10.1 Å². The molecule has 2 fully saturated rings. The Morgan fingerprint density at radius 3 is 2.67 bits per heavy atom. The molecule has 0 radical (unpaired) electrons. The lowest BCUT2D eigenvalue weighted by Gasteiger charge is -2.28. The van der Waals surface area contributed by atoms with E-state index in [1.165, 1.54) is 29.5 Å². The predicted molar refractivity (Wildman–Crippen MR) is 84.9 cm³/mol. The molecule has 21 heavy (non-hydrogen) atoms. The molecule has 3 nitrogen and oxygen atoms in total. The minimum absolute atomic E-state index is 0.112. The summed E-state index contributed by atoms with van der Waals surface area (Å²) in [6.07, 6.45) is 5.66. The van der Waals surface area contributed by atoms with Crippen LogP contribution in [0, 0.1) is 20.8 Å². The average molecular weight is 289 g/mol. The highest BCUT2D eigenvalue weighted by Gasteiger charge is 2.43. The van der Waals surface area contributed by atoms with Crippen molar-refractivity contribution in [2.24, 2.45) is 0 Å². The van der Waals surface area contributed by atoms with Crippen molar-refractivity contribution < 1.29 is 9.84 Å². The zero-order valence-electron chi connectivity index (χ0n) is 13.4. The molecule has 0 spiro atoms. The van der Waals surface area contributed by atoms with E-state index in [2.05, 4.69) is 38.2 Å². The molecule has 0 aromatic heterocycles. The number of ether oxygens (including phenoxy) is 1. The zero-order valence-corrected chi connectivity index (χ0v) is 13.4. The number of benzene rings is 1. The topological polar surface area (TPSA) is 41.5 Å². The summed E-state index contributed by atoms with van der Waals surface area (Å²) in [6.45, 7) is 6.59. The normalized spacial score (nSPS) is 28.9. The fraction of sp³-hybridized carbons (Fsp3) is 0.667. The fourth-order valence-corrected chi connectivity index (χ4v) is 3.46. The van der Waals surface area contributed by atoms with E-state index in [0.29, 0.717) is 6.04 Å². The van der Waals surface area contributed by atoms with Crippen molar-refractivity contribution in [1.29, 1.82) is 0 Å². The van der Waals surface area contributed by atoms with Crippen molar-refractivity contribution in [1.82, 2.24) is 5.32 Å². The van der Waals surface area contributed by atoms with Crippen molar-refractivity contribution in [3.05, 3.63) is 28.8 Å². The summed E-state index contributed by atoms with van der Waals surface area (Å²) in [5.74, 6) is 1.01. The van der Waals surface area contributed by atoms with Crippen LogP contribution in [0.3, 0.4) is 0 Å². The number of hydrogen-bond acceptors (Lipinski definition) is 3. The summed E-state index contributed by atoms with van der Waals surface area (Å²) in [5.41, 5.74) is 3.65. The quantitative estimate of drug-likeness (QED) is 0.875. The lowest BCUT2D eigenvalue weighted by molar-refractivity contribution is 0.138. The van der Waals surface area contributed by atoms with Crippen LogP contribution >= 0.6 is 0 Å². The number of aryl methyl sites for hydroxylation is 2. The fourth-order valence-electron chi connectivity index (χ4n) is 3.46. The van der Waals surface area contributed by atoms with Gasteiger partial charge >= 0.3 is 0 Å². The Morgan fingerprint density at radius 1 is 1.24 bits per heavy atom. The Kier molecular flexibility index (Phi) is 3.98. The van der Waals surface area contributed by atoms with Gasteiger partial charge in [-0.1, -0.05) is 6.07 Å². The second-order valence-electron chi connectivity index (χ2n) is 7.04. The number of hydrogen-bond donors (Lipinski definition) is 2. The van der Waals surface area contributed by atoms with Gasteiger partial charge in [-0.3, -0.25) is 0 Å². The number of aliphatic hydroxyl groups excluding tert-OH is 1. The van der Waals surface area contributed by atoms with Crippen molar-refractivity contribution in [3.63, 3.8) is 0 Å². The second-order valence-corrected chi connectivity index (χ2v) is 7.04. The van der Waals surface area contributed by atoms with Crippen LogP contribution in [-0.4, -0.2) is 29.4 Å². The standard InChI is InChI=1S/C18H27NO2/c1-12-8-13(2)14(3)17(9-12)21-16-6-7-18(10-16,11-20)19-15-4-5-15/h8-9,15-16,19-20H,4-7,10-11H2,1-3H3. The molecule has 2 unspecified atom stereocenters. The van der Waals surface area contributed by atoms with Gasteiger partial charge in [-0.2, -0.15) is 0 Å². The monoisotopic (exact) mass is 289 g/mol. The second kappa shape index (κ2) is 5.62. The van der Waals surface area contributed by atoms with Gasteiger partial charge in [0.15, 0.2) is 0 Å². The minimum atomic E-state index is -0.112. The molecule has 3 heteroatoms. The number of nitrogens with one attached hydrogen (secondary N) is 1. The van der Waals surface area contributed by atoms with E-state index in [9.17, 15) is 5.11 Å². The summed E-state index contributed by atoms with van der Waals surface area (Å²) in [4.78, 5) is 0. The molecule has 2 aliphatic rings. The summed E-state index contributed by atoms with van der Waals surface area (Å²) in [5, 5.41) is 13.4. The molecule has 0 aliphatic heterocycles. The summed E-state index contributed by atoms with van der Waals surface area (Å²) >= 11 is 0. The Morgan fingerprint density at radius 2 is 2.00 bits per heavy atom. The largest absolute Gasteiger partial charge is 0.490 e. The summed E-state index contributed by atoms with van der Waals surface area (Å²) in [6, 6.07) is 4.96. The minimum Gasteiger partial charge on any atom is -0.490 e. The highest BCUT2D eigenvalue weighted by Crippen LogP contribution is 2.36. The maximum absolute atomic E-state index is 9.80. The SMILES string of the molecule is Cc1cc(C)c(C)c(OC2CCC(CO)(NC3CC3)C2)c1. The number of aliphatic hydroxyl groups is 1. The van der Waals surface area contributed by atoms with Crippen molar-refractivity contribution in [3.8, 4) is 5.75 Å². The van der Waals surface area contributed by atoms with Crippen LogP contribution in [0.25, 0.3) is 0 Å². The van der Waals surface area contributed by atoms with Crippen LogP contribution in [-0.2, 0) is 0 Å². The van der Waals surface area contributed by atoms with Gasteiger partial charge in [-0.05, 0) is 69.2 Å². The van der Waals surface area contributed by atoms with E-state index in [1.807, 2.05) is 0 Å². The lowest BCUT2D eigenvalue weighted by atomic mass is 9.98. The van der Waals surface area contributed by atoms with Crippen molar-refractivity contribution in [2.75, 3.05) is 6.61 Å². The number of rotatable bonds is 5. The third kappa shape index (κ3) is 3.24. The van der Waals surface area contributed by atoms with Gasteiger partial charge in [0, 0.05) is 18.0 Å². The van der Waals surface area contributed by atoms with Gasteiger partial charge < -0.3 is 15.2 Å². The van der Waals surface area contributed by atoms with Gasteiger partial charge in [0.25, 0.3) is 0 Å². The van der Waals surface area contributed by atoms with E-state index in [1.54, 1.807) is 0 Å². The van der Waals surface area contributed by atoms with Gasteiger partial charge in [-0.15, -0.1) is 0 Å². The Labute approximate surface area is 127 Å². The van der Waals surface area contributed by atoms with Gasteiger partial charge in [0.05, 0.1) is 6.61 Å². The first-order chi connectivity index (χ1) is 10.0. The first-order valence-electron chi connectivity index (χ1n) is 8.14. The van der Waals surface area contributed by atoms with Crippen LogP contribution in [0.2, 0.25) is 0 Å². The summed E-state index contributed by atoms with van der Waals surface area (Å²) in [7, 11) is 0. The van der Waals surface area contributed by atoms with E-state index >= 15 is 0 Å². The van der Waals surface area contributed by atoms with E-state index in [4.69, 9.17) is 4.74 Å². The summed E-state index contributed by atoms with van der Waals surface area (Å²) < 4.78 is 6.28. The third-order valence-electron chi connectivity index (χ3n) is 5.01. The zero-order chi connectivity index (χ0) is 15.0. The van der Waals surface area contributed by atoms with Crippen molar-refractivity contribution in [2.45, 2.75) is 70.6 Å². The molecule has 2 atom stereocenters. The molecule has 1 aromatic carbocycles. The highest BCUT2D eigenvalue weighted by molar-refractivity contribution is 5.42. The van der Waals surface area contributed by atoms with E-state index in [-0.39, 0.29) is 18.2 Å². The molecule has 0 bridgehead atoms. The van der Waals surface area contributed by atoms with Gasteiger partial charge in [0.2, 0.25) is 0 Å². The van der Waals surface area contributed by atoms with Gasteiger partial charge in [-0.25, -0.2) is 0 Å². The van der Waals surface area contributed by atoms with Gasteiger partial charge in [0.1, 0.15) is 11.9 Å². The lowest BCUT2D eigenvalue weighted by Crippen LogP contribution is -2.48. The molecule has 0 saturated heterocycles. The van der Waals surface area contributed by atoms with E-state index in [0.717, 1.165) is 25.0 Å². The Bertz CT molecular complexity index is 524.